The average molecular weight is 252 g/mol. The van der Waals surface area contributed by atoms with Crippen LogP contribution >= 0.6 is 0 Å². The molecule has 0 aromatic heterocycles. The quantitative estimate of drug-likeness (QED) is 0.896. The minimum absolute atomic E-state index is 0.162. The maximum absolute atomic E-state index is 13.5. The van der Waals surface area contributed by atoms with Crippen LogP contribution in [0.5, 0.6) is 0 Å². The highest BCUT2D eigenvalue weighted by molar-refractivity contribution is 5.81. The van der Waals surface area contributed by atoms with Gasteiger partial charge in [-0.05, 0) is 30.5 Å². The summed E-state index contributed by atoms with van der Waals surface area (Å²) in [6, 6.07) is 4.57. The predicted octanol–water partition coefficient (Wildman–Crippen LogP) is 2.87. The van der Waals surface area contributed by atoms with E-state index in [0.29, 0.717) is 24.0 Å². The molecule has 0 bridgehead atoms. The van der Waals surface area contributed by atoms with E-state index in [4.69, 9.17) is 4.74 Å². The average Bonchev–Trinajstić information content (AvgIpc) is 2.82. The van der Waals surface area contributed by atoms with Gasteiger partial charge in [-0.3, -0.25) is 4.79 Å². The van der Waals surface area contributed by atoms with E-state index in [1.807, 2.05) is 0 Å². The standard InChI is InChI=1S/C14H17FO3/c1-18-9-10-8-11(4-5-12(10)15)14(13(16)17)6-2-3-7-14/h4-5,8H,2-3,6-7,9H2,1H3,(H,16,17). The molecule has 1 saturated carbocycles. The molecule has 1 aromatic carbocycles. The van der Waals surface area contributed by atoms with E-state index in [1.165, 1.54) is 13.2 Å². The van der Waals surface area contributed by atoms with Crippen LogP contribution in [0, 0.1) is 5.82 Å². The minimum atomic E-state index is -0.837. The SMILES string of the molecule is COCc1cc(C2(C(=O)O)CCCC2)ccc1F. The van der Waals surface area contributed by atoms with E-state index in [-0.39, 0.29) is 12.4 Å². The van der Waals surface area contributed by atoms with Crippen molar-refractivity contribution in [1.82, 2.24) is 0 Å². The Morgan fingerprint density at radius 3 is 2.67 bits per heavy atom. The maximum atomic E-state index is 13.5. The van der Waals surface area contributed by atoms with Crippen molar-refractivity contribution in [2.24, 2.45) is 0 Å². The van der Waals surface area contributed by atoms with Crippen LogP contribution in [0.1, 0.15) is 36.8 Å². The first kappa shape index (κ1) is 13.0. The van der Waals surface area contributed by atoms with Gasteiger partial charge in [0.15, 0.2) is 0 Å². The van der Waals surface area contributed by atoms with Gasteiger partial charge in [0.25, 0.3) is 0 Å². The lowest BCUT2D eigenvalue weighted by atomic mass is 9.78. The molecule has 0 amide bonds. The Balaban J connectivity index is 2.43. The van der Waals surface area contributed by atoms with Crippen LogP contribution in [0.3, 0.4) is 0 Å². The van der Waals surface area contributed by atoms with E-state index in [9.17, 15) is 14.3 Å². The first-order valence-corrected chi connectivity index (χ1v) is 6.11. The van der Waals surface area contributed by atoms with Gasteiger partial charge >= 0.3 is 5.97 Å². The summed E-state index contributed by atoms with van der Waals surface area (Å²) < 4.78 is 18.5. The molecule has 1 N–H and O–H groups in total. The van der Waals surface area contributed by atoms with Crippen LogP contribution in [0.4, 0.5) is 4.39 Å². The van der Waals surface area contributed by atoms with Crippen molar-refractivity contribution in [2.45, 2.75) is 37.7 Å². The molecule has 0 radical (unpaired) electrons. The zero-order chi connectivity index (χ0) is 13.2. The number of benzene rings is 1. The summed E-state index contributed by atoms with van der Waals surface area (Å²) in [6.07, 6.45) is 3.06. The van der Waals surface area contributed by atoms with E-state index in [1.54, 1.807) is 12.1 Å². The lowest BCUT2D eigenvalue weighted by Crippen LogP contribution is -2.32. The molecule has 1 aromatic rings. The fourth-order valence-electron chi connectivity index (χ4n) is 2.74. The molecular formula is C14H17FO3. The number of hydrogen-bond donors (Lipinski definition) is 1. The van der Waals surface area contributed by atoms with Gasteiger partial charge in [-0.15, -0.1) is 0 Å². The van der Waals surface area contributed by atoms with Crippen molar-refractivity contribution in [3.05, 3.63) is 35.1 Å². The first-order chi connectivity index (χ1) is 8.60. The Labute approximate surface area is 106 Å². The molecule has 3 nitrogen and oxygen atoms in total. The van der Waals surface area contributed by atoms with Crippen LogP contribution < -0.4 is 0 Å². The van der Waals surface area contributed by atoms with Gasteiger partial charge in [-0.1, -0.05) is 18.9 Å². The number of hydrogen-bond acceptors (Lipinski definition) is 2. The van der Waals surface area contributed by atoms with Gasteiger partial charge in [0.2, 0.25) is 0 Å². The van der Waals surface area contributed by atoms with Crippen molar-refractivity contribution < 1.29 is 19.0 Å². The van der Waals surface area contributed by atoms with Gasteiger partial charge in [-0.2, -0.15) is 0 Å². The van der Waals surface area contributed by atoms with E-state index in [0.717, 1.165) is 12.8 Å². The summed E-state index contributed by atoms with van der Waals surface area (Å²) in [6.45, 7) is 0.162. The molecule has 4 heteroatoms. The molecule has 2 rings (SSSR count). The predicted molar refractivity (Wildman–Crippen MR) is 64.9 cm³/mol. The number of carboxylic acids is 1. The molecule has 0 aliphatic heterocycles. The smallest absolute Gasteiger partial charge is 0.314 e. The normalized spacial score (nSPS) is 17.9. The number of carboxylic acid groups (broad SMARTS) is 1. The number of methoxy groups -OCH3 is 1. The van der Waals surface area contributed by atoms with Gasteiger partial charge in [0.05, 0.1) is 12.0 Å². The van der Waals surface area contributed by atoms with Crippen LogP contribution in [-0.2, 0) is 21.6 Å². The largest absolute Gasteiger partial charge is 0.481 e. The lowest BCUT2D eigenvalue weighted by Gasteiger charge is -2.25. The second kappa shape index (κ2) is 5.06. The van der Waals surface area contributed by atoms with Gasteiger partial charge in [0.1, 0.15) is 5.82 Å². The molecule has 0 heterocycles. The lowest BCUT2D eigenvalue weighted by molar-refractivity contribution is -0.143. The van der Waals surface area contributed by atoms with E-state index >= 15 is 0 Å². The Bertz CT molecular complexity index is 450. The highest BCUT2D eigenvalue weighted by Crippen LogP contribution is 2.41. The fourth-order valence-corrected chi connectivity index (χ4v) is 2.74. The molecule has 1 aliphatic carbocycles. The molecule has 0 saturated heterocycles. The zero-order valence-corrected chi connectivity index (χ0v) is 10.4. The van der Waals surface area contributed by atoms with Crippen LogP contribution in [-0.4, -0.2) is 18.2 Å². The molecular weight excluding hydrogens is 235 g/mol. The van der Waals surface area contributed by atoms with Crippen LogP contribution in [0.2, 0.25) is 0 Å². The summed E-state index contributed by atoms with van der Waals surface area (Å²) in [5, 5.41) is 9.48. The van der Waals surface area contributed by atoms with E-state index < -0.39 is 11.4 Å². The summed E-state index contributed by atoms with van der Waals surface area (Å²) >= 11 is 0. The highest BCUT2D eigenvalue weighted by Gasteiger charge is 2.43. The molecule has 0 spiro atoms. The summed E-state index contributed by atoms with van der Waals surface area (Å²) in [4.78, 5) is 11.6. The second-order valence-corrected chi connectivity index (χ2v) is 4.83. The number of carbonyl (C=O) groups is 1. The minimum Gasteiger partial charge on any atom is -0.481 e. The number of halogens is 1. The number of ether oxygens (including phenoxy) is 1. The number of rotatable bonds is 4. The third kappa shape index (κ3) is 2.12. The van der Waals surface area contributed by atoms with Crippen molar-refractivity contribution in [3.63, 3.8) is 0 Å². The fraction of sp³-hybridized carbons (Fsp3) is 0.500. The maximum Gasteiger partial charge on any atom is 0.314 e. The first-order valence-electron chi connectivity index (χ1n) is 6.11. The van der Waals surface area contributed by atoms with Crippen molar-refractivity contribution in [3.8, 4) is 0 Å². The molecule has 1 fully saturated rings. The van der Waals surface area contributed by atoms with Gasteiger partial charge < -0.3 is 9.84 Å². The Kier molecular flexibility index (Phi) is 3.66. The van der Waals surface area contributed by atoms with Crippen molar-refractivity contribution >= 4 is 5.97 Å². The zero-order valence-electron chi connectivity index (χ0n) is 10.4. The van der Waals surface area contributed by atoms with E-state index in [2.05, 4.69) is 0 Å². The van der Waals surface area contributed by atoms with Crippen LogP contribution in [0.15, 0.2) is 18.2 Å². The molecule has 98 valence electrons. The molecule has 1 aliphatic rings. The third-order valence-corrected chi connectivity index (χ3v) is 3.76. The van der Waals surface area contributed by atoms with Gasteiger partial charge in [0, 0.05) is 12.7 Å². The molecule has 0 atom stereocenters. The van der Waals surface area contributed by atoms with Crippen molar-refractivity contribution in [2.75, 3.05) is 7.11 Å². The Hall–Kier alpha value is -1.42. The molecule has 18 heavy (non-hydrogen) atoms. The Morgan fingerprint density at radius 2 is 2.11 bits per heavy atom. The molecule has 0 unspecified atom stereocenters. The summed E-state index contributed by atoms with van der Waals surface area (Å²) in [5.41, 5.74) is 0.277. The third-order valence-electron chi connectivity index (χ3n) is 3.76. The van der Waals surface area contributed by atoms with Gasteiger partial charge in [-0.25, -0.2) is 4.39 Å². The Morgan fingerprint density at radius 1 is 1.44 bits per heavy atom. The monoisotopic (exact) mass is 252 g/mol. The highest BCUT2D eigenvalue weighted by atomic mass is 19.1. The summed E-state index contributed by atoms with van der Waals surface area (Å²) in [5.74, 6) is -1.16. The summed E-state index contributed by atoms with van der Waals surface area (Å²) in [7, 11) is 1.49. The second-order valence-electron chi connectivity index (χ2n) is 4.83. The van der Waals surface area contributed by atoms with Crippen LogP contribution in [0.25, 0.3) is 0 Å². The number of aliphatic carboxylic acids is 1. The van der Waals surface area contributed by atoms with Crippen molar-refractivity contribution in [1.29, 1.82) is 0 Å². The topological polar surface area (TPSA) is 46.5 Å².